The zero-order valence-corrected chi connectivity index (χ0v) is 8.44. The lowest BCUT2D eigenvalue weighted by atomic mass is 9.84. The Kier molecular flexibility index (Phi) is 2.06. The average molecular weight is 164 g/mol. The fourth-order valence-corrected chi connectivity index (χ4v) is 2.18. The van der Waals surface area contributed by atoms with E-state index in [-0.39, 0.29) is 11.1 Å². The lowest BCUT2D eigenvalue weighted by Gasteiger charge is -2.36. The Morgan fingerprint density at radius 3 is 2.42 bits per heavy atom. The molecule has 0 bridgehead atoms. The van der Waals surface area contributed by atoms with Crippen molar-refractivity contribution in [2.75, 3.05) is 0 Å². The number of rotatable bonds is 0. The Balaban J connectivity index is 2.96. The van der Waals surface area contributed by atoms with Gasteiger partial charge in [0.1, 0.15) is 5.54 Å². The lowest BCUT2D eigenvalue weighted by Crippen LogP contribution is -3.04. The summed E-state index contributed by atoms with van der Waals surface area (Å²) in [4.78, 5) is 0. The quantitative estimate of drug-likeness (QED) is 0.516. The molecule has 0 atom stereocenters. The zero-order valence-electron chi connectivity index (χ0n) is 8.44. The van der Waals surface area contributed by atoms with Crippen molar-refractivity contribution in [3.63, 3.8) is 0 Å². The second-order valence-electron chi connectivity index (χ2n) is 4.94. The second-order valence-corrected chi connectivity index (χ2v) is 4.94. The summed E-state index contributed by atoms with van der Waals surface area (Å²) in [5, 5.41) is 2.38. The van der Waals surface area contributed by atoms with Crippen LogP contribution in [0.4, 0.5) is 0 Å². The smallest absolute Gasteiger partial charge is 0.111 e. The topological polar surface area (TPSA) is 16.6 Å². The van der Waals surface area contributed by atoms with Gasteiger partial charge in [-0.2, -0.15) is 0 Å². The first-order valence-corrected chi connectivity index (χ1v) is 4.40. The molecule has 1 aliphatic rings. The largest absolute Gasteiger partial charge is 0.334 e. The maximum atomic E-state index is 5.41. The molecule has 0 unspecified atom stereocenters. The fraction of sp³-hybridized carbons (Fsp3) is 0.636. The molecule has 0 saturated heterocycles. The van der Waals surface area contributed by atoms with Gasteiger partial charge in [0.05, 0.1) is 5.54 Å². The molecule has 0 spiro atoms. The van der Waals surface area contributed by atoms with E-state index in [0.29, 0.717) is 0 Å². The third kappa shape index (κ3) is 2.12. The van der Waals surface area contributed by atoms with Gasteiger partial charge in [-0.1, -0.05) is 5.92 Å². The van der Waals surface area contributed by atoms with E-state index in [4.69, 9.17) is 6.42 Å². The minimum atomic E-state index is 0.156. The van der Waals surface area contributed by atoms with Crippen LogP contribution in [0.3, 0.4) is 0 Å². The molecule has 1 aliphatic heterocycles. The molecular formula is C11H18N+. The van der Waals surface area contributed by atoms with Gasteiger partial charge in [0.2, 0.25) is 0 Å². The van der Waals surface area contributed by atoms with E-state index in [1.807, 2.05) is 0 Å². The van der Waals surface area contributed by atoms with Gasteiger partial charge in [-0.15, -0.1) is 6.42 Å². The molecule has 12 heavy (non-hydrogen) atoms. The minimum Gasteiger partial charge on any atom is -0.334 e. The number of hydrogen-bond acceptors (Lipinski definition) is 0. The van der Waals surface area contributed by atoms with Gasteiger partial charge in [0, 0.05) is 12.0 Å². The fourth-order valence-electron chi connectivity index (χ4n) is 2.18. The molecule has 0 saturated carbocycles. The van der Waals surface area contributed by atoms with Gasteiger partial charge in [-0.05, 0) is 33.8 Å². The molecule has 1 rings (SSSR count). The van der Waals surface area contributed by atoms with Gasteiger partial charge < -0.3 is 5.32 Å². The third-order valence-electron chi connectivity index (χ3n) is 2.14. The van der Waals surface area contributed by atoms with Gasteiger partial charge >= 0.3 is 0 Å². The molecule has 0 fully saturated rings. The molecule has 0 amide bonds. The van der Waals surface area contributed by atoms with Crippen molar-refractivity contribution in [2.24, 2.45) is 0 Å². The summed E-state index contributed by atoms with van der Waals surface area (Å²) in [5.41, 5.74) is 1.55. The van der Waals surface area contributed by atoms with Crippen LogP contribution in [0, 0.1) is 12.3 Å². The van der Waals surface area contributed by atoms with Crippen molar-refractivity contribution in [3.8, 4) is 12.3 Å². The van der Waals surface area contributed by atoms with Gasteiger partial charge in [0.25, 0.3) is 0 Å². The van der Waals surface area contributed by atoms with Crippen LogP contribution in [0.5, 0.6) is 0 Å². The molecule has 2 N–H and O–H groups in total. The molecule has 1 heterocycles. The van der Waals surface area contributed by atoms with E-state index in [2.05, 4.69) is 45.0 Å². The van der Waals surface area contributed by atoms with Crippen LogP contribution >= 0.6 is 0 Å². The van der Waals surface area contributed by atoms with Gasteiger partial charge in [-0.25, -0.2) is 0 Å². The monoisotopic (exact) mass is 164 g/mol. The Morgan fingerprint density at radius 2 is 2.00 bits per heavy atom. The molecule has 1 nitrogen and oxygen atoms in total. The molecular weight excluding hydrogens is 146 g/mol. The molecule has 0 aliphatic carbocycles. The number of hydrogen-bond donors (Lipinski definition) is 1. The standard InChI is InChI=1S/C11H17N/c1-6-9-7-10(2,3)12-11(4,5)8-9/h1,7,12H,8H2,2-5H3/p+1. The van der Waals surface area contributed by atoms with Gasteiger partial charge in [-0.3, -0.25) is 0 Å². The first kappa shape index (κ1) is 9.35. The second kappa shape index (κ2) is 2.64. The minimum absolute atomic E-state index is 0.156. The van der Waals surface area contributed by atoms with E-state index in [1.54, 1.807) is 0 Å². The lowest BCUT2D eigenvalue weighted by molar-refractivity contribution is -0.771. The predicted octanol–water partition coefficient (Wildman–Crippen LogP) is 1.07. The van der Waals surface area contributed by atoms with Crippen molar-refractivity contribution in [2.45, 2.75) is 45.2 Å². The highest BCUT2D eigenvalue weighted by molar-refractivity contribution is 5.30. The average Bonchev–Trinajstić information content (AvgIpc) is 1.80. The van der Waals surface area contributed by atoms with Crippen LogP contribution in [-0.4, -0.2) is 11.1 Å². The summed E-state index contributed by atoms with van der Waals surface area (Å²) in [7, 11) is 0. The van der Waals surface area contributed by atoms with Crippen molar-refractivity contribution in [3.05, 3.63) is 11.6 Å². The maximum absolute atomic E-state index is 5.41. The van der Waals surface area contributed by atoms with Crippen molar-refractivity contribution < 1.29 is 5.32 Å². The normalized spacial score (nSPS) is 25.8. The first-order chi connectivity index (χ1) is 5.35. The van der Waals surface area contributed by atoms with E-state index in [0.717, 1.165) is 12.0 Å². The Hall–Kier alpha value is -0.740. The number of nitrogens with two attached hydrogens (primary N) is 1. The Labute approximate surface area is 75.2 Å². The van der Waals surface area contributed by atoms with Crippen molar-refractivity contribution in [1.29, 1.82) is 0 Å². The maximum Gasteiger partial charge on any atom is 0.111 e. The van der Waals surface area contributed by atoms with Crippen molar-refractivity contribution >= 4 is 0 Å². The molecule has 66 valence electrons. The van der Waals surface area contributed by atoms with E-state index >= 15 is 0 Å². The molecule has 0 radical (unpaired) electrons. The van der Waals surface area contributed by atoms with Crippen LogP contribution < -0.4 is 5.32 Å². The Bertz CT molecular complexity index is 251. The first-order valence-electron chi connectivity index (χ1n) is 4.40. The van der Waals surface area contributed by atoms with Gasteiger partial charge in [0.15, 0.2) is 0 Å². The third-order valence-corrected chi connectivity index (χ3v) is 2.14. The summed E-state index contributed by atoms with van der Waals surface area (Å²) in [5.74, 6) is 2.76. The van der Waals surface area contributed by atoms with E-state index in [9.17, 15) is 0 Å². The van der Waals surface area contributed by atoms with Crippen LogP contribution in [0.15, 0.2) is 11.6 Å². The van der Waals surface area contributed by atoms with Crippen molar-refractivity contribution in [1.82, 2.24) is 0 Å². The summed E-state index contributed by atoms with van der Waals surface area (Å²) in [6, 6.07) is 0. The van der Waals surface area contributed by atoms with E-state index < -0.39 is 0 Å². The SMILES string of the molecule is C#CC1=CC(C)(C)[NH2+]C(C)(C)C1. The van der Waals surface area contributed by atoms with Crippen LogP contribution in [0.2, 0.25) is 0 Å². The summed E-state index contributed by atoms with van der Waals surface area (Å²) in [6.45, 7) is 8.87. The number of terminal acetylenes is 1. The highest BCUT2D eigenvalue weighted by Gasteiger charge is 2.35. The molecule has 0 aromatic heterocycles. The van der Waals surface area contributed by atoms with E-state index in [1.165, 1.54) is 0 Å². The summed E-state index contributed by atoms with van der Waals surface area (Å²) < 4.78 is 0. The highest BCUT2D eigenvalue weighted by atomic mass is 15.0. The summed E-state index contributed by atoms with van der Waals surface area (Å²) in [6.07, 6.45) is 8.61. The van der Waals surface area contributed by atoms with Crippen LogP contribution in [-0.2, 0) is 0 Å². The highest BCUT2D eigenvalue weighted by Crippen LogP contribution is 2.19. The molecule has 0 aromatic carbocycles. The zero-order chi connectivity index (χ0) is 9.41. The predicted molar refractivity (Wildman–Crippen MR) is 51.6 cm³/mol. The summed E-state index contributed by atoms with van der Waals surface area (Å²) >= 11 is 0. The molecule has 0 aromatic rings. The molecule has 1 heteroatoms. The van der Waals surface area contributed by atoms with Crippen LogP contribution in [0.1, 0.15) is 34.1 Å². The number of quaternary nitrogens is 1. The van der Waals surface area contributed by atoms with Crippen LogP contribution in [0.25, 0.3) is 0 Å². The Morgan fingerprint density at radius 1 is 1.42 bits per heavy atom.